The first kappa shape index (κ1) is 19.3. The molecule has 0 saturated carbocycles. The Kier molecular flexibility index (Phi) is 6.42. The Labute approximate surface area is 166 Å². The average molecular weight is 403 g/mol. The van der Waals surface area contributed by atoms with Gasteiger partial charge in [0.05, 0.1) is 27.7 Å². The molecule has 3 aromatic rings. The van der Waals surface area contributed by atoms with Crippen molar-refractivity contribution >= 4 is 45.0 Å². The van der Waals surface area contributed by atoms with Crippen LogP contribution in [0, 0.1) is 0 Å². The van der Waals surface area contributed by atoms with Gasteiger partial charge < -0.3 is 10.1 Å². The first-order valence-corrected chi connectivity index (χ1v) is 9.76. The number of nitrogens with one attached hydrogen (secondary N) is 1. The van der Waals surface area contributed by atoms with E-state index in [0.717, 1.165) is 20.8 Å². The Morgan fingerprint density at radius 3 is 2.70 bits per heavy atom. The monoisotopic (exact) mass is 402 g/mol. The largest absolute Gasteiger partial charge is 0.456 e. The molecule has 0 fully saturated rings. The second-order valence-electron chi connectivity index (χ2n) is 6.05. The van der Waals surface area contributed by atoms with Gasteiger partial charge in [0, 0.05) is 11.4 Å². The minimum atomic E-state index is -0.421. The summed E-state index contributed by atoms with van der Waals surface area (Å²) in [5.41, 5.74) is 1.74. The summed E-state index contributed by atoms with van der Waals surface area (Å²) in [6, 6.07) is 14.9. The minimum absolute atomic E-state index is 0.188. The van der Waals surface area contributed by atoms with Crippen molar-refractivity contribution in [2.75, 3.05) is 6.61 Å². The van der Waals surface area contributed by atoms with Crippen LogP contribution in [0.3, 0.4) is 0 Å². The van der Waals surface area contributed by atoms with Crippen molar-refractivity contribution in [2.24, 2.45) is 0 Å². The average Bonchev–Trinajstić information content (AvgIpc) is 3.08. The molecule has 0 aliphatic rings. The summed E-state index contributed by atoms with van der Waals surface area (Å²) in [5.74, 6) is -0.787. The van der Waals surface area contributed by atoms with Gasteiger partial charge in [-0.1, -0.05) is 41.9 Å². The minimum Gasteiger partial charge on any atom is -0.456 e. The lowest BCUT2D eigenvalue weighted by molar-refractivity contribution is -0.148. The van der Waals surface area contributed by atoms with Crippen LogP contribution in [0.2, 0.25) is 5.02 Å². The van der Waals surface area contributed by atoms with Gasteiger partial charge in [-0.25, -0.2) is 4.98 Å². The normalized spacial score (nSPS) is 11.9. The number of thiazole rings is 1. The van der Waals surface area contributed by atoms with Gasteiger partial charge in [-0.3, -0.25) is 9.59 Å². The molecule has 2 aromatic carbocycles. The first-order chi connectivity index (χ1) is 13.0. The highest BCUT2D eigenvalue weighted by atomic mass is 35.5. The van der Waals surface area contributed by atoms with Crippen LogP contribution in [0.15, 0.2) is 48.5 Å². The maximum atomic E-state index is 12.0. The molecule has 1 amide bonds. The lowest BCUT2D eigenvalue weighted by Crippen LogP contribution is -2.31. The molecule has 1 atom stereocenters. The Hall–Kier alpha value is -2.44. The van der Waals surface area contributed by atoms with E-state index in [4.69, 9.17) is 16.3 Å². The zero-order valence-electron chi connectivity index (χ0n) is 14.8. The summed E-state index contributed by atoms with van der Waals surface area (Å²) < 4.78 is 6.15. The number of nitrogens with zero attached hydrogens (tertiary/aromatic N) is 1. The van der Waals surface area contributed by atoms with Crippen molar-refractivity contribution < 1.29 is 14.3 Å². The van der Waals surface area contributed by atoms with E-state index in [0.29, 0.717) is 11.4 Å². The molecule has 5 nitrogen and oxygen atoms in total. The van der Waals surface area contributed by atoms with E-state index in [1.54, 1.807) is 17.4 Å². The molecule has 3 rings (SSSR count). The summed E-state index contributed by atoms with van der Waals surface area (Å²) in [5, 5.41) is 4.23. The number of aromatic nitrogens is 1. The maximum Gasteiger partial charge on any atom is 0.306 e. The topological polar surface area (TPSA) is 68.3 Å². The third kappa shape index (κ3) is 5.28. The summed E-state index contributed by atoms with van der Waals surface area (Å²) in [4.78, 5) is 28.4. The maximum absolute atomic E-state index is 12.0. The molecule has 140 valence electrons. The third-order valence-electron chi connectivity index (χ3n) is 3.99. The fraction of sp³-hybridized carbons (Fsp3) is 0.250. The second-order valence-corrected chi connectivity index (χ2v) is 7.57. The van der Waals surface area contributed by atoms with Gasteiger partial charge in [0.2, 0.25) is 0 Å². The number of ether oxygens (including phenoxy) is 1. The van der Waals surface area contributed by atoms with Crippen LogP contribution in [-0.2, 0) is 20.7 Å². The van der Waals surface area contributed by atoms with Crippen LogP contribution in [0.1, 0.15) is 30.0 Å². The number of fused-ring (bicyclic) bond motifs is 1. The molecule has 0 radical (unpaired) electrons. The zero-order valence-corrected chi connectivity index (χ0v) is 16.3. The Morgan fingerprint density at radius 1 is 1.19 bits per heavy atom. The highest BCUT2D eigenvalue weighted by molar-refractivity contribution is 7.18. The number of halogens is 1. The van der Waals surface area contributed by atoms with Gasteiger partial charge in [-0.2, -0.15) is 0 Å². The van der Waals surface area contributed by atoms with Crippen molar-refractivity contribution in [3.63, 3.8) is 0 Å². The molecule has 0 spiro atoms. The Morgan fingerprint density at radius 2 is 1.93 bits per heavy atom. The van der Waals surface area contributed by atoms with Crippen LogP contribution in [0.5, 0.6) is 0 Å². The Bertz CT molecular complexity index is 924. The molecular formula is C20H19ClN2O3S. The van der Waals surface area contributed by atoms with Crippen LogP contribution < -0.4 is 5.32 Å². The van der Waals surface area contributed by atoms with E-state index in [9.17, 15) is 9.59 Å². The second kappa shape index (κ2) is 8.97. The molecule has 0 aliphatic heterocycles. The van der Waals surface area contributed by atoms with E-state index >= 15 is 0 Å². The lowest BCUT2D eigenvalue weighted by Gasteiger charge is -2.15. The van der Waals surface area contributed by atoms with E-state index in [-0.39, 0.29) is 25.0 Å². The Balaban J connectivity index is 1.43. The summed E-state index contributed by atoms with van der Waals surface area (Å²) in [6.45, 7) is 1.52. The van der Waals surface area contributed by atoms with Gasteiger partial charge in [0.1, 0.15) is 0 Å². The SMILES string of the molecule is C[C@@H](NC(=O)COC(=O)CCc1nc2ccccc2s1)c1ccccc1Cl. The number of aryl methyl sites for hydroxylation is 1. The van der Waals surface area contributed by atoms with Gasteiger partial charge in [0.25, 0.3) is 5.91 Å². The molecular weight excluding hydrogens is 384 g/mol. The van der Waals surface area contributed by atoms with Gasteiger partial charge in [-0.05, 0) is 30.7 Å². The van der Waals surface area contributed by atoms with Gasteiger partial charge in [-0.15, -0.1) is 11.3 Å². The van der Waals surface area contributed by atoms with Gasteiger partial charge in [0.15, 0.2) is 6.61 Å². The number of rotatable bonds is 7. The standard InChI is InChI=1S/C20H19ClN2O3S/c1-13(14-6-2-3-7-15(14)21)22-18(24)12-26-20(25)11-10-19-23-16-8-4-5-9-17(16)27-19/h2-9,13H,10-12H2,1H3,(H,22,24)/t13-/m1/s1. The fourth-order valence-electron chi connectivity index (χ4n) is 2.64. The summed E-state index contributed by atoms with van der Waals surface area (Å²) in [6.07, 6.45) is 0.684. The zero-order chi connectivity index (χ0) is 19.2. The number of carbonyl (C=O) groups is 2. The fourth-order valence-corrected chi connectivity index (χ4v) is 3.91. The van der Waals surface area contributed by atoms with E-state index in [2.05, 4.69) is 10.3 Å². The number of esters is 1. The molecule has 0 saturated heterocycles. The molecule has 1 aromatic heterocycles. The number of hydrogen-bond acceptors (Lipinski definition) is 5. The molecule has 1 heterocycles. The van der Waals surface area contributed by atoms with Crippen molar-refractivity contribution in [3.05, 3.63) is 64.1 Å². The summed E-state index contributed by atoms with van der Waals surface area (Å²) in [7, 11) is 0. The molecule has 1 N–H and O–H groups in total. The van der Waals surface area contributed by atoms with E-state index in [1.165, 1.54) is 0 Å². The summed E-state index contributed by atoms with van der Waals surface area (Å²) >= 11 is 7.68. The number of para-hydroxylation sites is 1. The lowest BCUT2D eigenvalue weighted by atomic mass is 10.1. The van der Waals surface area contributed by atoms with E-state index in [1.807, 2.05) is 49.4 Å². The van der Waals surface area contributed by atoms with Crippen molar-refractivity contribution in [1.82, 2.24) is 10.3 Å². The van der Waals surface area contributed by atoms with E-state index < -0.39 is 5.97 Å². The molecule has 0 aliphatic carbocycles. The third-order valence-corrected chi connectivity index (χ3v) is 5.44. The molecule has 7 heteroatoms. The van der Waals surface area contributed by atoms with Gasteiger partial charge >= 0.3 is 5.97 Å². The van der Waals surface area contributed by atoms with Crippen molar-refractivity contribution in [2.45, 2.75) is 25.8 Å². The molecule has 0 bridgehead atoms. The van der Waals surface area contributed by atoms with Crippen LogP contribution in [0.25, 0.3) is 10.2 Å². The smallest absolute Gasteiger partial charge is 0.306 e. The predicted octanol–water partition coefficient (Wildman–Crippen LogP) is 4.30. The highest BCUT2D eigenvalue weighted by Gasteiger charge is 2.14. The van der Waals surface area contributed by atoms with Crippen LogP contribution in [-0.4, -0.2) is 23.5 Å². The van der Waals surface area contributed by atoms with Crippen molar-refractivity contribution in [3.8, 4) is 0 Å². The number of hydrogen-bond donors (Lipinski definition) is 1. The molecule has 0 unspecified atom stereocenters. The van der Waals surface area contributed by atoms with Crippen molar-refractivity contribution in [1.29, 1.82) is 0 Å². The predicted molar refractivity (Wildman–Crippen MR) is 107 cm³/mol. The number of carbonyl (C=O) groups excluding carboxylic acids is 2. The highest BCUT2D eigenvalue weighted by Crippen LogP contribution is 2.23. The molecule has 27 heavy (non-hydrogen) atoms. The van der Waals surface area contributed by atoms with Crippen LogP contribution >= 0.6 is 22.9 Å². The number of amides is 1. The number of benzene rings is 2. The first-order valence-electron chi connectivity index (χ1n) is 8.57. The van der Waals surface area contributed by atoms with Crippen LogP contribution in [0.4, 0.5) is 0 Å². The quantitative estimate of drug-likeness (QED) is 0.598.